The molecule has 1 aromatic carbocycles. The summed E-state index contributed by atoms with van der Waals surface area (Å²) in [5.41, 5.74) is 1.69. The van der Waals surface area contributed by atoms with E-state index >= 15 is 0 Å². The molecule has 2 bridgehead atoms. The number of hydrogen-bond donors (Lipinski definition) is 0. The van der Waals surface area contributed by atoms with Gasteiger partial charge in [-0.1, -0.05) is 0 Å². The van der Waals surface area contributed by atoms with Crippen LogP contribution in [-0.4, -0.2) is 25.8 Å². The zero-order valence-electron chi connectivity index (χ0n) is 11.7. The van der Waals surface area contributed by atoms with Gasteiger partial charge in [0.1, 0.15) is 11.5 Å². The molecule has 5 heteroatoms. The first-order valence-corrected chi connectivity index (χ1v) is 6.83. The maximum Gasteiger partial charge on any atom is 0.162 e. The van der Waals surface area contributed by atoms with Crippen molar-refractivity contribution in [3.8, 4) is 11.5 Å². The molecule has 0 unspecified atom stereocenters. The molecular weight excluding hydrogens is 272 g/mol. The summed E-state index contributed by atoms with van der Waals surface area (Å²) in [6.07, 6.45) is 1.86. The van der Waals surface area contributed by atoms with Crippen molar-refractivity contribution in [1.29, 1.82) is 0 Å². The van der Waals surface area contributed by atoms with E-state index in [2.05, 4.69) is 0 Å². The van der Waals surface area contributed by atoms with Crippen molar-refractivity contribution < 1.29 is 23.8 Å². The molecular formula is C16H14O5. The average molecular weight is 286 g/mol. The number of allylic oxidation sites excluding steroid dienone is 2. The molecule has 21 heavy (non-hydrogen) atoms. The van der Waals surface area contributed by atoms with Crippen LogP contribution >= 0.6 is 0 Å². The Kier molecular flexibility index (Phi) is 2.50. The van der Waals surface area contributed by atoms with E-state index in [1.807, 2.05) is 12.1 Å². The first-order chi connectivity index (χ1) is 10.2. The molecule has 1 aliphatic carbocycles. The molecule has 0 saturated carbocycles. The summed E-state index contributed by atoms with van der Waals surface area (Å²) < 4.78 is 16.8. The summed E-state index contributed by atoms with van der Waals surface area (Å²) in [5, 5.41) is 0. The van der Waals surface area contributed by atoms with Crippen LogP contribution in [0.5, 0.6) is 11.5 Å². The third-order valence-corrected chi connectivity index (χ3v) is 4.62. The van der Waals surface area contributed by atoms with Crippen molar-refractivity contribution in [2.24, 2.45) is 11.8 Å². The molecule has 0 radical (unpaired) electrons. The van der Waals surface area contributed by atoms with Crippen LogP contribution in [0.25, 0.3) is 0 Å². The van der Waals surface area contributed by atoms with E-state index in [0.29, 0.717) is 11.5 Å². The first-order valence-electron chi connectivity index (χ1n) is 6.83. The monoisotopic (exact) mass is 286 g/mol. The first kappa shape index (κ1) is 12.6. The Morgan fingerprint density at radius 3 is 1.67 bits per heavy atom. The number of rotatable bonds is 2. The van der Waals surface area contributed by atoms with Gasteiger partial charge in [-0.2, -0.15) is 0 Å². The predicted octanol–water partition coefficient (Wildman–Crippen LogP) is 1.77. The number of benzene rings is 1. The average Bonchev–Trinajstić information content (AvgIpc) is 3.07. The van der Waals surface area contributed by atoms with E-state index in [4.69, 9.17) is 14.2 Å². The van der Waals surface area contributed by atoms with Crippen molar-refractivity contribution in [3.05, 3.63) is 35.4 Å². The van der Waals surface area contributed by atoms with Crippen LogP contribution in [0.2, 0.25) is 0 Å². The maximum atomic E-state index is 12.2. The van der Waals surface area contributed by atoms with E-state index in [0.717, 1.165) is 11.1 Å². The summed E-state index contributed by atoms with van der Waals surface area (Å²) in [6, 6.07) is 3.61. The summed E-state index contributed by atoms with van der Waals surface area (Å²) in [5.74, 6) is 0.352. The highest BCUT2D eigenvalue weighted by Crippen LogP contribution is 2.62. The third kappa shape index (κ3) is 1.44. The van der Waals surface area contributed by atoms with Gasteiger partial charge < -0.3 is 14.2 Å². The van der Waals surface area contributed by atoms with Crippen LogP contribution in [0, 0.1) is 11.8 Å². The van der Waals surface area contributed by atoms with Gasteiger partial charge in [-0.25, -0.2) is 0 Å². The fourth-order valence-corrected chi connectivity index (χ4v) is 3.78. The molecule has 2 heterocycles. The van der Waals surface area contributed by atoms with Gasteiger partial charge in [0, 0.05) is 11.1 Å². The molecule has 4 atom stereocenters. The van der Waals surface area contributed by atoms with Crippen LogP contribution < -0.4 is 9.47 Å². The molecule has 1 aromatic rings. The summed E-state index contributed by atoms with van der Waals surface area (Å²) in [6.45, 7) is 0. The molecule has 5 nitrogen and oxygen atoms in total. The van der Waals surface area contributed by atoms with Crippen molar-refractivity contribution in [1.82, 2.24) is 0 Å². The number of hydrogen-bond acceptors (Lipinski definition) is 5. The highest BCUT2D eigenvalue weighted by atomic mass is 16.5. The Bertz CT molecular complexity index is 633. The summed E-state index contributed by atoms with van der Waals surface area (Å²) in [4.78, 5) is 24.4. The number of ether oxygens (including phenoxy) is 3. The lowest BCUT2D eigenvalue weighted by Gasteiger charge is -2.30. The summed E-state index contributed by atoms with van der Waals surface area (Å²) >= 11 is 0. The van der Waals surface area contributed by atoms with E-state index in [-0.39, 0.29) is 11.6 Å². The minimum Gasteiger partial charge on any atom is -0.496 e. The van der Waals surface area contributed by atoms with Crippen LogP contribution in [0.15, 0.2) is 24.3 Å². The molecule has 108 valence electrons. The Hall–Kier alpha value is -2.14. The van der Waals surface area contributed by atoms with Crippen molar-refractivity contribution in [2.45, 2.75) is 12.2 Å². The van der Waals surface area contributed by atoms with E-state index in [1.54, 1.807) is 14.2 Å². The standard InChI is InChI=1S/C16H14O5/c1-19-9-5-6-10(20-2)14-13(9)15-11-7(17)3-4-8(18)12(11)16(14)21-15/h3-6,11-12,15-16H,1-2H3/t11-,12+,15-,16+. The van der Waals surface area contributed by atoms with Gasteiger partial charge >= 0.3 is 0 Å². The van der Waals surface area contributed by atoms with Crippen LogP contribution in [0.3, 0.4) is 0 Å². The molecule has 2 aliphatic heterocycles. The number of ketones is 2. The van der Waals surface area contributed by atoms with Gasteiger partial charge in [-0.3, -0.25) is 9.59 Å². The van der Waals surface area contributed by atoms with E-state index < -0.39 is 24.0 Å². The number of methoxy groups -OCH3 is 2. The van der Waals surface area contributed by atoms with Crippen molar-refractivity contribution >= 4 is 11.6 Å². The van der Waals surface area contributed by atoms with Crippen LogP contribution in [-0.2, 0) is 14.3 Å². The highest BCUT2D eigenvalue weighted by molar-refractivity contribution is 6.08. The van der Waals surface area contributed by atoms with Gasteiger partial charge in [0.2, 0.25) is 0 Å². The second-order valence-electron chi connectivity index (χ2n) is 5.46. The lowest BCUT2D eigenvalue weighted by molar-refractivity contribution is -0.128. The highest BCUT2D eigenvalue weighted by Gasteiger charge is 2.59. The van der Waals surface area contributed by atoms with Gasteiger partial charge in [0.05, 0.1) is 38.3 Å². The third-order valence-electron chi connectivity index (χ3n) is 4.62. The SMILES string of the molecule is COc1ccc(OC)c2c1[C@H]1O[C@@H]2[C@@H]2C(=O)C=CC(=O)[C@@H]21. The molecule has 4 rings (SSSR count). The second kappa shape index (κ2) is 4.18. The van der Waals surface area contributed by atoms with Crippen molar-refractivity contribution in [3.63, 3.8) is 0 Å². The molecule has 0 spiro atoms. The Balaban J connectivity index is 1.94. The fourth-order valence-electron chi connectivity index (χ4n) is 3.78. The minimum absolute atomic E-state index is 0.0531. The molecule has 3 aliphatic rings. The van der Waals surface area contributed by atoms with Gasteiger partial charge in [0.25, 0.3) is 0 Å². The topological polar surface area (TPSA) is 61.8 Å². The normalized spacial score (nSPS) is 32.1. The Morgan fingerprint density at radius 1 is 0.857 bits per heavy atom. The molecule has 1 saturated heterocycles. The Morgan fingerprint density at radius 2 is 1.29 bits per heavy atom. The van der Waals surface area contributed by atoms with Gasteiger partial charge in [-0.05, 0) is 24.3 Å². The largest absolute Gasteiger partial charge is 0.496 e. The van der Waals surface area contributed by atoms with Gasteiger partial charge in [0.15, 0.2) is 11.6 Å². The van der Waals surface area contributed by atoms with Crippen molar-refractivity contribution in [2.75, 3.05) is 14.2 Å². The molecule has 0 aromatic heterocycles. The van der Waals surface area contributed by atoms with E-state index in [9.17, 15) is 9.59 Å². The zero-order valence-corrected chi connectivity index (χ0v) is 11.7. The molecule has 1 fully saturated rings. The predicted molar refractivity (Wildman–Crippen MR) is 72.2 cm³/mol. The lowest BCUT2D eigenvalue weighted by Crippen LogP contribution is -2.35. The zero-order chi connectivity index (χ0) is 14.7. The second-order valence-corrected chi connectivity index (χ2v) is 5.46. The number of carbonyl (C=O) groups is 2. The number of fused-ring (bicyclic) bond motifs is 8. The Labute approximate surface area is 121 Å². The summed E-state index contributed by atoms with van der Waals surface area (Å²) in [7, 11) is 3.17. The minimum atomic E-state index is -0.444. The quantitative estimate of drug-likeness (QED) is 0.829. The maximum absolute atomic E-state index is 12.2. The molecule has 0 amide bonds. The van der Waals surface area contributed by atoms with E-state index in [1.165, 1.54) is 12.2 Å². The van der Waals surface area contributed by atoms with Crippen LogP contribution in [0.4, 0.5) is 0 Å². The molecule has 0 N–H and O–H groups in total. The number of carbonyl (C=O) groups excluding carboxylic acids is 2. The smallest absolute Gasteiger partial charge is 0.162 e. The fraction of sp³-hybridized carbons (Fsp3) is 0.375. The van der Waals surface area contributed by atoms with Crippen LogP contribution in [0.1, 0.15) is 23.3 Å². The van der Waals surface area contributed by atoms with Gasteiger partial charge in [-0.15, -0.1) is 0 Å². The lowest BCUT2D eigenvalue weighted by atomic mass is 9.69.